The summed E-state index contributed by atoms with van der Waals surface area (Å²) in [5.74, 6) is 1.96. The Balaban J connectivity index is 1.16. The average Bonchev–Trinajstić information content (AvgIpc) is 3.59. The highest BCUT2D eigenvalue weighted by Gasteiger charge is 2.18. The van der Waals surface area contributed by atoms with E-state index in [4.69, 9.17) is 15.0 Å². The lowest BCUT2D eigenvalue weighted by molar-refractivity contribution is 1.08. The van der Waals surface area contributed by atoms with Crippen molar-refractivity contribution in [1.82, 2.24) is 15.0 Å². The Morgan fingerprint density at radius 3 is 1.67 bits per heavy atom. The number of hydrogen-bond acceptors (Lipinski definition) is 4. The van der Waals surface area contributed by atoms with Crippen molar-refractivity contribution in [1.29, 1.82) is 0 Å². The summed E-state index contributed by atoms with van der Waals surface area (Å²) in [5, 5.41) is 7.26. The van der Waals surface area contributed by atoms with E-state index in [2.05, 4.69) is 158 Å². The number of aromatic nitrogens is 3. The molecule has 0 spiro atoms. The highest BCUT2D eigenvalue weighted by atomic mass is 32.1. The van der Waals surface area contributed by atoms with Crippen LogP contribution in [0.15, 0.2) is 176 Å². The van der Waals surface area contributed by atoms with Gasteiger partial charge in [0.15, 0.2) is 17.5 Å². The SMILES string of the molecule is c1ccc(-c2nc(-c3ccc4c(c3)sc3cccc(-c5ccccc5)c34)nc(-c3cccc4c(-c5cccc6ccccc56)cccc34)n2)cc1. The maximum absolute atomic E-state index is 5.21. The van der Waals surface area contributed by atoms with Crippen LogP contribution in [0.5, 0.6) is 0 Å². The van der Waals surface area contributed by atoms with Gasteiger partial charge in [-0.05, 0) is 55.9 Å². The highest BCUT2D eigenvalue weighted by Crippen LogP contribution is 2.42. The molecule has 10 rings (SSSR count). The minimum Gasteiger partial charge on any atom is -0.208 e. The number of benzene rings is 8. The molecule has 0 radical (unpaired) electrons. The lowest BCUT2D eigenvalue weighted by atomic mass is 9.92. The largest absolute Gasteiger partial charge is 0.208 e. The van der Waals surface area contributed by atoms with Crippen molar-refractivity contribution in [3.63, 3.8) is 0 Å². The Morgan fingerprint density at radius 1 is 0.314 bits per heavy atom. The van der Waals surface area contributed by atoms with E-state index >= 15 is 0 Å². The molecular formula is C47H29N3S. The normalized spacial score (nSPS) is 11.5. The summed E-state index contributed by atoms with van der Waals surface area (Å²) in [4.78, 5) is 15.4. The van der Waals surface area contributed by atoms with E-state index in [1.807, 2.05) is 29.5 Å². The quantitative estimate of drug-likeness (QED) is 0.183. The molecule has 0 saturated heterocycles. The molecule has 4 heteroatoms. The highest BCUT2D eigenvalue weighted by molar-refractivity contribution is 7.26. The van der Waals surface area contributed by atoms with Gasteiger partial charge in [-0.25, -0.2) is 15.0 Å². The maximum atomic E-state index is 5.21. The zero-order valence-corrected chi connectivity index (χ0v) is 28.3. The van der Waals surface area contributed by atoms with Crippen LogP contribution in [-0.2, 0) is 0 Å². The van der Waals surface area contributed by atoms with Crippen LogP contribution in [0.2, 0.25) is 0 Å². The Morgan fingerprint density at radius 2 is 0.863 bits per heavy atom. The van der Waals surface area contributed by atoms with Crippen molar-refractivity contribution >= 4 is 53.1 Å². The molecule has 2 heterocycles. The third kappa shape index (κ3) is 5.08. The zero-order valence-electron chi connectivity index (χ0n) is 27.5. The third-order valence-electron chi connectivity index (χ3n) is 9.75. The first kappa shape index (κ1) is 29.4. The van der Waals surface area contributed by atoms with Gasteiger partial charge in [0.25, 0.3) is 0 Å². The molecule has 10 aromatic rings. The smallest absolute Gasteiger partial charge is 0.164 e. The van der Waals surface area contributed by atoms with Crippen molar-refractivity contribution in [2.45, 2.75) is 0 Å². The van der Waals surface area contributed by atoms with Crippen LogP contribution in [0.4, 0.5) is 0 Å². The predicted molar refractivity (Wildman–Crippen MR) is 215 cm³/mol. The second-order valence-electron chi connectivity index (χ2n) is 12.8. The second-order valence-corrected chi connectivity index (χ2v) is 13.8. The monoisotopic (exact) mass is 667 g/mol. The molecule has 0 aliphatic carbocycles. The third-order valence-corrected chi connectivity index (χ3v) is 10.9. The molecule has 0 N–H and O–H groups in total. The molecule has 0 fully saturated rings. The van der Waals surface area contributed by atoms with E-state index in [0.717, 1.165) is 27.5 Å². The average molecular weight is 668 g/mol. The van der Waals surface area contributed by atoms with E-state index in [1.54, 1.807) is 0 Å². The van der Waals surface area contributed by atoms with E-state index in [-0.39, 0.29) is 0 Å². The molecule has 0 saturated carbocycles. The van der Waals surface area contributed by atoms with Crippen LogP contribution >= 0.6 is 11.3 Å². The lowest BCUT2D eigenvalue weighted by Crippen LogP contribution is -2.00. The van der Waals surface area contributed by atoms with Crippen molar-refractivity contribution in [2.24, 2.45) is 0 Å². The van der Waals surface area contributed by atoms with Gasteiger partial charge in [-0.15, -0.1) is 11.3 Å². The fourth-order valence-electron chi connectivity index (χ4n) is 7.37. The van der Waals surface area contributed by atoms with Crippen LogP contribution in [-0.4, -0.2) is 15.0 Å². The summed E-state index contributed by atoms with van der Waals surface area (Å²) < 4.78 is 2.47. The topological polar surface area (TPSA) is 38.7 Å². The van der Waals surface area contributed by atoms with Crippen molar-refractivity contribution < 1.29 is 0 Å². The summed E-state index contributed by atoms with van der Waals surface area (Å²) >= 11 is 1.81. The Hall–Kier alpha value is -6.49. The standard InChI is InChI=1S/C47H29N3S/c1-3-13-31(14-4-1)35-20-12-26-42-44(35)41-28-27-33(29-43(41)51-42)46-48-45(32-16-5-2-6-17-32)49-47(50-46)40-25-11-23-38-37(22-10-24-39(38)40)36-21-9-18-30-15-7-8-19-34(30)36/h1-29H. The van der Waals surface area contributed by atoms with Gasteiger partial charge in [-0.3, -0.25) is 0 Å². The van der Waals surface area contributed by atoms with Crippen molar-refractivity contribution in [3.8, 4) is 56.4 Å². The van der Waals surface area contributed by atoms with Crippen LogP contribution in [0.1, 0.15) is 0 Å². The van der Waals surface area contributed by atoms with Crippen molar-refractivity contribution in [3.05, 3.63) is 176 Å². The van der Waals surface area contributed by atoms with Crippen LogP contribution in [0, 0.1) is 0 Å². The van der Waals surface area contributed by atoms with E-state index in [1.165, 1.54) is 53.2 Å². The molecule has 0 unspecified atom stereocenters. The van der Waals surface area contributed by atoms with E-state index < -0.39 is 0 Å². The number of thiophene rings is 1. The van der Waals surface area contributed by atoms with E-state index in [9.17, 15) is 0 Å². The number of hydrogen-bond donors (Lipinski definition) is 0. The lowest BCUT2D eigenvalue weighted by Gasteiger charge is -2.13. The summed E-state index contributed by atoms with van der Waals surface area (Å²) in [6.45, 7) is 0. The second kappa shape index (κ2) is 12.1. The number of nitrogens with zero attached hydrogens (tertiary/aromatic N) is 3. The van der Waals surface area contributed by atoms with Gasteiger partial charge in [0.1, 0.15) is 0 Å². The number of rotatable bonds is 5. The van der Waals surface area contributed by atoms with Crippen molar-refractivity contribution in [2.75, 3.05) is 0 Å². The molecule has 0 aliphatic heterocycles. The van der Waals surface area contributed by atoms with Gasteiger partial charge in [0.2, 0.25) is 0 Å². The fraction of sp³-hybridized carbons (Fsp3) is 0. The first-order valence-electron chi connectivity index (χ1n) is 17.1. The van der Waals surface area contributed by atoms with Gasteiger partial charge < -0.3 is 0 Å². The Labute approximate surface area is 299 Å². The molecule has 238 valence electrons. The van der Waals surface area contributed by atoms with Gasteiger partial charge >= 0.3 is 0 Å². The molecule has 0 amide bonds. The summed E-state index contributed by atoms with van der Waals surface area (Å²) in [6.07, 6.45) is 0. The summed E-state index contributed by atoms with van der Waals surface area (Å²) in [5.41, 5.74) is 7.77. The Bertz CT molecular complexity index is 2910. The van der Waals surface area contributed by atoms with Gasteiger partial charge in [-0.1, -0.05) is 164 Å². The predicted octanol–water partition coefficient (Wildman–Crippen LogP) is 12.9. The molecule has 51 heavy (non-hydrogen) atoms. The fourth-order valence-corrected chi connectivity index (χ4v) is 8.54. The van der Waals surface area contributed by atoms with Gasteiger partial charge in [-0.2, -0.15) is 0 Å². The maximum Gasteiger partial charge on any atom is 0.164 e. The summed E-state index contributed by atoms with van der Waals surface area (Å²) in [7, 11) is 0. The molecule has 8 aromatic carbocycles. The Kier molecular flexibility index (Phi) is 7.00. The van der Waals surface area contributed by atoms with Crippen LogP contribution < -0.4 is 0 Å². The molecule has 0 aliphatic rings. The molecule has 0 atom stereocenters. The van der Waals surface area contributed by atoms with Gasteiger partial charge in [0.05, 0.1) is 0 Å². The van der Waals surface area contributed by atoms with Crippen LogP contribution in [0.3, 0.4) is 0 Å². The molecule has 2 aromatic heterocycles. The first-order chi connectivity index (χ1) is 25.3. The van der Waals surface area contributed by atoms with Crippen LogP contribution in [0.25, 0.3) is 98.1 Å². The molecular weight excluding hydrogens is 639 g/mol. The first-order valence-corrected chi connectivity index (χ1v) is 17.9. The minimum absolute atomic E-state index is 0.653. The van der Waals surface area contributed by atoms with Gasteiger partial charge in [0, 0.05) is 36.9 Å². The molecule has 0 bridgehead atoms. The van der Waals surface area contributed by atoms with E-state index in [0.29, 0.717) is 17.5 Å². The molecule has 3 nitrogen and oxygen atoms in total. The minimum atomic E-state index is 0.653. The number of fused-ring (bicyclic) bond motifs is 5. The zero-order chi connectivity index (χ0) is 33.7. The summed E-state index contributed by atoms with van der Waals surface area (Å²) in [6, 6.07) is 62.1.